The van der Waals surface area contributed by atoms with Crippen LogP contribution in [0.15, 0.2) is 51.6 Å². The summed E-state index contributed by atoms with van der Waals surface area (Å²) < 4.78 is 5.41. The first kappa shape index (κ1) is 22.6. The third kappa shape index (κ3) is 4.34. The van der Waals surface area contributed by atoms with E-state index in [-0.39, 0.29) is 24.3 Å². The highest BCUT2D eigenvalue weighted by molar-refractivity contribution is 8.16. The molecular formula is C24H30N4O3S. The number of nitrogens with zero attached hydrogens (tertiary/aromatic N) is 4. The number of aryl methyl sites for hydroxylation is 1. The van der Waals surface area contributed by atoms with Crippen LogP contribution in [-0.4, -0.2) is 71.6 Å². The summed E-state index contributed by atoms with van der Waals surface area (Å²) in [6.07, 6.45) is 0.285. The first-order valence-electron chi connectivity index (χ1n) is 11.0. The molecular weight excluding hydrogens is 424 g/mol. The number of esters is 1. The number of likely N-dealkylation sites (N-methyl/N-ethyl adjacent to an activating group) is 1. The van der Waals surface area contributed by atoms with E-state index in [4.69, 9.17) is 9.73 Å². The maximum Gasteiger partial charge on any atom is 0.338 e. The SMILES string of the molecule is CCOC(=O)C1=C(C)N=C2SC=C(CC(=O)N3CCN(C)CC3)N2C1c1ccccc1C. The van der Waals surface area contributed by atoms with Crippen LogP contribution in [0.2, 0.25) is 0 Å². The zero-order valence-electron chi connectivity index (χ0n) is 19.1. The number of allylic oxidation sites excluding steroid dienone is 1. The molecule has 4 rings (SSSR count). The fourth-order valence-electron chi connectivity index (χ4n) is 4.35. The summed E-state index contributed by atoms with van der Waals surface area (Å²) in [5, 5.41) is 2.80. The fourth-order valence-corrected chi connectivity index (χ4v) is 5.31. The highest BCUT2D eigenvalue weighted by Crippen LogP contribution is 2.45. The van der Waals surface area contributed by atoms with E-state index in [0.29, 0.717) is 17.9 Å². The summed E-state index contributed by atoms with van der Waals surface area (Å²) in [6.45, 7) is 9.26. The molecule has 170 valence electrons. The number of thioether (sulfide) groups is 1. The molecule has 3 aliphatic heterocycles. The van der Waals surface area contributed by atoms with Crippen molar-refractivity contribution in [2.24, 2.45) is 4.99 Å². The lowest BCUT2D eigenvalue weighted by molar-refractivity contribution is -0.139. The van der Waals surface area contributed by atoms with Crippen molar-refractivity contribution in [2.45, 2.75) is 33.2 Å². The molecule has 0 N–H and O–H groups in total. The van der Waals surface area contributed by atoms with Gasteiger partial charge < -0.3 is 19.4 Å². The number of hydrogen-bond acceptors (Lipinski definition) is 7. The van der Waals surface area contributed by atoms with Crippen LogP contribution in [0.4, 0.5) is 0 Å². The van der Waals surface area contributed by atoms with Crippen LogP contribution >= 0.6 is 11.8 Å². The number of fused-ring (bicyclic) bond motifs is 1. The number of rotatable bonds is 5. The fraction of sp³-hybridized carbons (Fsp3) is 0.458. The first-order valence-corrected chi connectivity index (χ1v) is 11.9. The minimum atomic E-state index is -0.371. The summed E-state index contributed by atoms with van der Waals surface area (Å²) >= 11 is 1.51. The Hall–Kier alpha value is -2.58. The van der Waals surface area contributed by atoms with Crippen molar-refractivity contribution in [2.75, 3.05) is 39.8 Å². The number of carbonyl (C=O) groups excluding carboxylic acids is 2. The van der Waals surface area contributed by atoms with Crippen molar-refractivity contribution < 1.29 is 14.3 Å². The van der Waals surface area contributed by atoms with Crippen LogP contribution in [0, 0.1) is 6.92 Å². The van der Waals surface area contributed by atoms with Gasteiger partial charge >= 0.3 is 5.97 Å². The Morgan fingerprint density at radius 2 is 1.88 bits per heavy atom. The van der Waals surface area contributed by atoms with Crippen molar-refractivity contribution in [3.8, 4) is 0 Å². The lowest BCUT2D eigenvalue weighted by atomic mass is 9.91. The molecule has 0 radical (unpaired) electrons. The predicted molar refractivity (Wildman–Crippen MR) is 127 cm³/mol. The van der Waals surface area contributed by atoms with Crippen LogP contribution in [-0.2, 0) is 14.3 Å². The minimum Gasteiger partial charge on any atom is -0.463 e. The molecule has 1 amide bonds. The van der Waals surface area contributed by atoms with Gasteiger partial charge in [0.05, 0.1) is 30.3 Å². The van der Waals surface area contributed by atoms with Gasteiger partial charge in [0.25, 0.3) is 0 Å². The summed E-state index contributed by atoms with van der Waals surface area (Å²) in [5.41, 5.74) is 4.17. The van der Waals surface area contributed by atoms with E-state index in [9.17, 15) is 9.59 Å². The molecule has 0 bridgehead atoms. The Morgan fingerprint density at radius 1 is 1.16 bits per heavy atom. The monoisotopic (exact) mass is 454 g/mol. The van der Waals surface area contributed by atoms with Gasteiger partial charge in [-0.15, -0.1) is 0 Å². The van der Waals surface area contributed by atoms with Gasteiger partial charge in [-0.1, -0.05) is 36.0 Å². The van der Waals surface area contributed by atoms with Crippen molar-refractivity contribution >= 4 is 28.8 Å². The lowest BCUT2D eigenvalue weighted by Gasteiger charge is -2.38. The average molecular weight is 455 g/mol. The van der Waals surface area contributed by atoms with Gasteiger partial charge in [0, 0.05) is 31.9 Å². The Bertz CT molecular complexity index is 1010. The molecule has 3 heterocycles. The molecule has 3 aliphatic rings. The van der Waals surface area contributed by atoms with E-state index in [2.05, 4.69) is 16.8 Å². The Kier molecular flexibility index (Phi) is 6.71. The number of piperazine rings is 1. The standard InChI is InChI=1S/C24H30N4O3S/c1-5-31-23(30)21-17(3)25-24-28(22(21)19-9-7-6-8-16(19)2)18(15-32-24)14-20(29)27-12-10-26(4)11-13-27/h6-9,15,22H,5,10-14H2,1-4H3. The van der Waals surface area contributed by atoms with E-state index in [0.717, 1.165) is 48.2 Å². The maximum atomic E-state index is 13.1. The van der Waals surface area contributed by atoms with Gasteiger partial charge in [-0.25, -0.2) is 9.79 Å². The Morgan fingerprint density at radius 3 is 2.56 bits per heavy atom. The number of hydrogen-bond donors (Lipinski definition) is 0. The van der Waals surface area contributed by atoms with Crippen molar-refractivity contribution in [1.29, 1.82) is 0 Å². The Labute approximate surface area is 193 Å². The van der Waals surface area contributed by atoms with Crippen LogP contribution in [0.3, 0.4) is 0 Å². The van der Waals surface area contributed by atoms with Crippen LogP contribution in [0.1, 0.15) is 37.4 Å². The highest BCUT2D eigenvalue weighted by atomic mass is 32.2. The van der Waals surface area contributed by atoms with Crippen LogP contribution < -0.4 is 0 Å². The molecule has 32 heavy (non-hydrogen) atoms. The summed E-state index contributed by atoms with van der Waals surface area (Å²) in [7, 11) is 2.08. The van der Waals surface area contributed by atoms with Gasteiger partial charge in [-0.2, -0.15) is 0 Å². The van der Waals surface area contributed by atoms with Gasteiger partial charge in [-0.05, 0) is 44.4 Å². The molecule has 1 aromatic rings. The van der Waals surface area contributed by atoms with Gasteiger partial charge in [0.2, 0.25) is 5.91 Å². The van der Waals surface area contributed by atoms with Gasteiger partial charge in [0.15, 0.2) is 5.17 Å². The number of aliphatic imine (C=N–C) groups is 1. The molecule has 1 aromatic carbocycles. The second-order valence-corrected chi connectivity index (χ2v) is 9.17. The summed E-state index contributed by atoms with van der Waals surface area (Å²) in [4.78, 5) is 37.1. The van der Waals surface area contributed by atoms with Gasteiger partial charge in [0.1, 0.15) is 0 Å². The third-order valence-corrected chi connectivity index (χ3v) is 7.06. The molecule has 1 atom stereocenters. The number of benzene rings is 1. The largest absolute Gasteiger partial charge is 0.463 e. The third-order valence-electron chi connectivity index (χ3n) is 6.17. The smallest absolute Gasteiger partial charge is 0.338 e. The predicted octanol–water partition coefficient (Wildman–Crippen LogP) is 3.30. The van der Waals surface area contributed by atoms with E-state index in [1.54, 1.807) is 6.92 Å². The first-order chi connectivity index (χ1) is 15.4. The van der Waals surface area contributed by atoms with Crippen LogP contribution in [0.5, 0.6) is 0 Å². The number of amidine groups is 1. The molecule has 1 unspecified atom stereocenters. The Balaban J connectivity index is 1.68. The normalized spacial score (nSPS) is 21.3. The lowest BCUT2D eigenvalue weighted by Crippen LogP contribution is -2.47. The molecule has 0 aliphatic carbocycles. The molecule has 0 saturated carbocycles. The second-order valence-electron chi connectivity index (χ2n) is 8.33. The van der Waals surface area contributed by atoms with E-state index < -0.39 is 0 Å². The summed E-state index contributed by atoms with van der Waals surface area (Å²) in [5.74, 6) is -0.249. The highest BCUT2D eigenvalue weighted by Gasteiger charge is 2.41. The van der Waals surface area contributed by atoms with E-state index >= 15 is 0 Å². The maximum absolute atomic E-state index is 13.1. The molecule has 1 fully saturated rings. The quantitative estimate of drug-likeness (QED) is 0.636. The van der Waals surface area contributed by atoms with E-state index in [1.807, 2.05) is 48.4 Å². The number of carbonyl (C=O) groups is 2. The van der Waals surface area contributed by atoms with Crippen molar-refractivity contribution in [3.05, 3.63) is 57.8 Å². The van der Waals surface area contributed by atoms with Crippen LogP contribution in [0.25, 0.3) is 0 Å². The second kappa shape index (κ2) is 9.50. The van der Waals surface area contributed by atoms with Crippen molar-refractivity contribution in [3.63, 3.8) is 0 Å². The van der Waals surface area contributed by atoms with Crippen molar-refractivity contribution in [1.82, 2.24) is 14.7 Å². The molecule has 8 heteroatoms. The molecule has 0 aromatic heterocycles. The summed E-state index contributed by atoms with van der Waals surface area (Å²) in [6, 6.07) is 7.68. The van der Waals surface area contributed by atoms with E-state index in [1.165, 1.54) is 11.8 Å². The molecule has 7 nitrogen and oxygen atoms in total. The zero-order chi connectivity index (χ0) is 22.8. The molecule has 1 saturated heterocycles. The molecule has 0 spiro atoms. The minimum absolute atomic E-state index is 0.110. The number of ether oxygens (including phenoxy) is 1. The average Bonchev–Trinajstić information content (AvgIpc) is 3.15. The number of amides is 1. The zero-order valence-corrected chi connectivity index (χ0v) is 19.9. The topological polar surface area (TPSA) is 65.5 Å². The van der Waals surface area contributed by atoms with Gasteiger partial charge in [-0.3, -0.25) is 4.79 Å².